The number of nitrogens with zero attached hydrogens (tertiary/aromatic N) is 1. The molecule has 156 valence electrons. The zero-order valence-electron chi connectivity index (χ0n) is 17.7. The normalized spacial score (nSPS) is 17.9. The lowest BCUT2D eigenvalue weighted by atomic mass is 9.73. The summed E-state index contributed by atoms with van der Waals surface area (Å²) in [6.07, 6.45) is 0.570. The second-order valence-electron chi connectivity index (χ2n) is 8.33. The van der Waals surface area contributed by atoms with Crippen molar-refractivity contribution < 1.29 is 9.84 Å². The number of aryl methyl sites for hydroxylation is 1. The van der Waals surface area contributed by atoms with Crippen molar-refractivity contribution in [2.45, 2.75) is 24.9 Å². The molecule has 30 heavy (non-hydrogen) atoms. The Labute approximate surface area is 179 Å². The Hall–Kier alpha value is -2.46. The first-order valence-electron chi connectivity index (χ1n) is 10.8. The number of hydrogen-bond donors (Lipinski definition) is 1. The summed E-state index contributed by atoms with van der Waals surface area (Å²) >= 11 is 0. The monoisotopic (exact) mass is 401 g/mol. The SMILES string of the molecule is Cc1ccc([C@](O)(Cc2ccccc2)[C@@H](CN2CCOCC2)c2ccccc2)cc1. The van der Waals surface area contributed by atoms with Crippen LogP contribution in [-0.4, -0.2) is 42.9 Å². The van der Waals surface area contributed by atoms with E-state index in [1.54, 1.807) is 0 Å². The molecule has 0 saturated carbocycles. The van der Waals surface area contributed by atoms with E-state index in [4.69, 9.17) is 4.74 Å². The summed E-state index contributed by atoms with van der Waals surface area (Å²) in [6, 6.07) is 29.2. The minimum Gasteiger partial charge on any atom is -0.384 e. The maximum Gasteiger partial charge on any atom is 0.102 e. The van der Waals surface area contributed by atoms with Gasteiger partial charge in [0.1, 0.15) is 5.60 Å². The minimum absolute atomic E-state index is 0.0558. The Morgan fingerprint density at radius 3 is 2.10 bits per heavy atom. The van der Waals surface area contributed by atoms with Crippen molar-refractivity contribution in [1.29, 1.82) is 0 Å². The van der Waals surface area contributed by atoms with Crippen molar-refractivity contribution in [3.63, 3.8) is 0 Å². The third-order valence-electron chi connectivity index (χ3n) is 6.19. The molecule has 3 aromatic rings. The highest BCUT2D eigenvalue weighted by Crippen LogP contribution is 2.40. The zero-order valence-corrected chi connectivity index (χ0v) is 17.7. The molecule has 0 radical (unpaired) electrons. The van der Waals surface area contributed by atoms with E-state index in [-0.39, 0.29) is 5.92 Å². The van der Waals surface area contributed by atoms with E-state index in [0.29, 0.717) is 6.42 Å². The van der Waals surface area contributed by atoms with Gasteiger partial charge in [-0.15, -0.1) is 0 Å². The summed E-state index contributed by atoms with van der Waals surface area (Å²) < 4.78 is 5.56. The van der Waals surface area contributed by atoms with Crippen LogP contribution in [-0.2, 0) is 16.8 Å². The van der Waals surface area contributed by atoms with E-state index in [1.807, 2.05) is 24.3 Å². The van der Waals surface area contributed by atoms with Crippen LogP contribution in [0.1, 0.15) is 28.2 Å². The molecule has 0 unspecified atom stereocenters. The highest BCUT2D eigenvalue weighted by atomic mass is 16.5. The molecule has 2 atom stereocenters. The molecule has 0 amide bonds. The van der Waals surface area contributed by atoms with Gasteiger partial charge in [0, 0.05) is 32.0 Å². The van der Waals surface area contributed by atoms with Gasteiger partial charge in [0.25, 0.3) is 0 Å². The Kier molecular flexibility index (Phi) is 6.63. The largest absolute Gasteiger partial charge is 0.384 e. The summed E-state index contributed by atoms with van der Waals surface area (Å²) in [7, 11) is 0. The fourth-order valence-electron chi connectivity index (χ4n) is 4.44. The minimum atomic E-state index is -1.02. The molecule has 3 nitrogen and oxygen atoms in total. The number of aliphatic hydroxyl groups is 1. The highest BCUT2D eigenvalue weighted by Gasteiger charge is 2.40. The maximum absolute atomic E-state index is 12.4. The average molecular weight is 402 g/mol. The molecule has 0 aliphatic carbocycles. The topological polar surface area (TPSA) is 32.7 Å². The maximum atomic E-state index is 12.4. The molecule has 1 saturated heterocycles. The molecule has 1 heterocycles. The molecule has 1 fully saturated rings. The van der Waals surface area contributed by atoms with Gasteiger partial charge in [-0.1, -0.05) is 90.5 Å². The first kappa shape index (κ1) is 20.8. The summed E-state index contributed by atoms with van der Waals surface area (Å²) in [6.45, 7) is 6.19. The Morgan fingerprint density at radius 1 is 0.867 bits per heavy atom. The molecule has 0 spiro atoms. The average Bonchev–Trinajstić information content (AvgIpc) is 2.80. The van der Waals surface area contributed by atoms with E-state index >= 15 is 0 Å². The molecule has 3 aromatic carbocycles. The van der Waals surface area contributed by atoms with Crippen LogP contribution >= 0.6 is 0 Å². The van der Waals surface area contributed by atoms with Crippen LogP contribution in [0.4, 0.5) is 0 Å². The van der Waals surface area contributed by atoms with E-state index in [9.17, 15) is 5.11 Å². The number of hydrogen-bond acceptors (Lipinski definition) is 3. The molecular weight excluding hydrogens is 370 g/mol. The van der Waals surface area contributed by atoms with E-state index in [1.165, 1.54) is 11.1 Å². The van der Waals surface area contributed by atoms with Gasteiger partial charge in [-0.25, -0.2) is 0 Å². The summed E-state index contributed by atoms with van der Waals surface area (Å²) in [4.78, 5) is 2.42. The Balaban J connectivity index is 1.77. The van der Waals surface area contributed by atoms with Gasteiger partial charge >= 0.3 is 0 Å². The van der Waals surface area contributed by atoms with Gasteiger partial charge in [-0.3, -0.25) is 4.90 Å². The predicted molar refractivity (Wildman–Crippen MR) is 122 cm³/mol. The molecule has 0 bridgehead atoms. The van der Waals surface area contributed by atoms with Crippen LogP contribution in [0.5, 0.6) is 0 Å². The summed E-state index contributed by atoms with van der Waals surface area (Å²) in [5.74, 6) is -0.0558. The predicted octanol–water partition coefficient (Wildman–Crippen LogP) is 4.54. The smallest absolute Gasteiger partial charge is 0.102 e. The Bertz CT molecular complexity index is 905. The van der Waals surface area contributed by atoms with Crippen LogP contribution in [0, 0.1) is 6.92 Å². The summed E-state index contributed by atoms with van der Waals surface area (Å²) in [5, 5.41) is 12.4. The van der Waals surface area contributed by atoms with E-state index in [2.05, 4.69) is 72.5 Å². The van der Waals surface area contributed by atoms with Crippen LogP contribution in [0.2, 0.25) is 0 Å². The number of benzene rings is 3. The van der Waals surface area contributed by atoms with Crippen molar-refractivity contribution in [2.75, 3.05) is 32.8 Å². The Morgan fingerprint density at radius 2 is 1.47 bits per heavy atom. The molecule has 1 N–H and O–H groups in total. The van der Waals surface area contributed by atoms with Crippen LogP contribution in [0.25, 0.3) is 0 Å². The molecule has 1 aliphatic heterocycles. The second kappa shape index (κ2) is 9.57. The van der Waals surface area contributed by atoms with Crippen LogP contribution in [0.15, 0.2) is 84.9 Å². The van der Waals surface area contributed by atoms with Crippen molar-refractivity contribution in [3.8, 4) is 0 Å². The lowest BCUT2D eigenvalue weighted by Gasteiger charge is -2.41. The van der Waals surface area contributed by atoms with Crippen molar-refractivity contribution in [3.05, 3.63) is 107 Å². The molecule has 3 heteroatoms. The van der Waals surface area contributed by atoms with Gasteiger partial charge in [0.15, 0.2) is 0 Å². The third-order valence-corrected chi connectivity index (χ3v) is 6.19. The second-order valence-corrected chi connectivity index (χ2v) is 8.33. The molecule has 4 rings (SSSR count). The van der Waals surface area contributed by atoms with E-state index < -0.39 is 5.60 Å². The molecule has 1 aliphatic rings. The molecular formula is C27H31NO2. The van der Waals surface area contributed by atoms with Gasteiger partial charge < -0.3 is 9.84 Å². The lowest BCUT2D eigenvalue weighted by Crippen LogP contribution is -2.45. The van der Waals surface area contributed by atoms with Crippen molar-refractivity contribution in [2.24, 2.45) is 0 Å². The van der Waals surface area contributed by atoms with E-state index in [0.717, 1.165) is 44.0 Å². The summed E-state index contributed by atoms with van der Waals surface area (Å²) in [5.41, 5.74) is 3.46. The van der Waals surface area contributed by atoms with Crippen LogP contribution in [0.3, 0.4) is 0 Å². The number of morpholine rings is 1. The van der Waals surface area contributed by atoms with Gasteiger partial charge in [0.2, 0.25) is 0 Å². The van der Waals surface area contributed by atoms with Gasteiger partial charge in [-0.2, -0.15) is 0 Å². The zero-order chi connectivity index (χ0) is 20.8. The van der Waals surface area contributed by atoms with Crippen molar-refractivity contribution in [1.82, 2.24) is 4.90 Å². The first-order valence-corrected chi connectivity index (χ1v) is 10.8. The quantitative estimate of drug-likeness (QED) is 0.631. The fraction of sp³-hybridized carbons (Fsp3) is 0.333. The number of rotatable bonds is 7. The first-order chi connectivity index (χ1) is 14.6. The molecule has 0 aromatic heterocycles. The highest BCUT2D eigenvalue weighted by molar-refractivity contribution is 5.36. The van der Waals surface area contributed by atoms with Gasteiger partial charge in [0.05, 0.1) is 13.2 Å². The van der Waals surface area contributed by atoms with Crippen LogP contribution < -0.4 is 0 Å². The fourth-order valence-corrected chi connectivity index (χ4v) is 4.44. The standard InChI is InChI=1S/C27H31NO2/c1-22-12-14-25(15-13-22)27(29,20-23-8-4-2-5-9-23)26(24-10-6-3-7-11-24)21-28-16-18-30-19-17-28/h2-15,26,29H,16-21H2,1H3/t26-,27+/m0/s1. The van der Waals surface area contributed by atoms with Crippen molar-refractivity contribution >= 4 is 0 Å². The third kappa shape index (κ3) is 4.81. The lowest BCUT2D eigenvalue weighted by molar-refractivity contribution is -0.0223. The van der Waals surface area contributed by atoms with Gasteiger partial charge in [-0.05, 0) is 23.6 Å². The number of ether oxygens (including phenoxy) is 1.